The van der Waals surface area contributed by atoms with Gasteiger partial charge in [0.15, 0.2) is 0 Å². The molecule has 0 aromatic heterocycles. The van der Waals surface area contributed by atoms with Crippen LogP contribution < -0.4 is 5.32 Å². The van der Waals surface area contributed by atoms with Crippen molar-refractivity contribution in [2.75, 3.05) is 52.4 Å². The molecule has 0 spiro atoms. The van der Waals surface area contributed by atoms with E-state index < -0.39 is 0 Å². The summed E-state index contributed by atoms with van der Waals surface area (Å²) in [6.07, 6.45) is 9.93. The van der Waals surface area contributed by atoms with Crippen LogP contribution in [0.4, 0.5) is 0 Å². The average molecular weight is 295 g/mol. The summed E-state index contributed by atoms with van der Waals surface area (Å²) >= 11 is 0. The molecule has 0 atom stereocenters. The van der Waals surface area contributed by atoms with Crippen molar-refractivity contribution in [1.29, 1.82) is 0 Å². The third-order valence-electron chi connectivity index (χ3n) is 5.70. The average Bonchev–Trinajstić information content (AvgIpc) is 3.33. The largest absolute Gasteiger partial charge is 0.395 e. The monoisotopic (exact) mass is 295 g/mol. The van der Waals surface area contributed by atoms with Crippen LogP contribution in [0.15, 0.2) is 0 Å². The van der Waals surface area contributed by atoms with Crippen LogP contribution in [0.2, 0.25) is 0 Å². The van der Waals surface area contributed by atoms with Crippen LogP contribution in [0.25, 0.3) is 0 Å². The second-order valence-electron chi connectivity index (χ2n) is 7.56. The number of rotatable bonds is 7. The zero-order valence-electron chi connectivity index (χ0n) is 13.5. The van der Waals surface area contributed by atoms with Gasteiger partial charge < -0.3 is 15.3 Å². The van der Waals surface area contributed by atoms with Gasteiger partial charge in [-0.15, -0.1) is 0 Å². The van der Waals surface area contributed by atoms with E-state index in [1.54, 1.807) is 0 Å². The highest BCUT2D eigenvalue weighted by Crippen LogP contribution is 2.37. The molecular weight excluding hydrogens is 262 g/mol. The number of β-amino-alcohol motifs (C(OH)–C–C–N with tert-alkyl or cyclic N) is 1. The standard InChI is InChI=1S/C17H33N3O/c21-13-12-19-8-10-20(11-9-19)15-17(6-2-1-3-7-17)14-18-16-4-5-16/h16,18,21H,1-15H2. The zero-order valence-corrected chi connectivity index (χ0v) is 13.5. The normalized spacial score (nSPS) is 27.9. The van der Waals surface area contributed by atoms with Crippen LogP contribution in [0.3, 0.4) is 0 Å². The fourth-order valence-corrected chi connectivity index (χ4v) is 4.13. The van der Waals surface area contributed by atoms with Crippen LogP contribution in [0.5, 0.6) is 0 Å². The topological polar surface area (TPSA) is 38.7 Å². The van der Waals surface area contributed by atoms with Crippen molar-refractivity contribution in [3.63, 3.8) is 0 Å². The first-order valence-corrected chi connectivity index (χ1v) is 9.09. The van der Waals surface area contributed by atoms with E-state index in [0.717, 1.165) is 25.7 Å². The van der Waals surface area contributed by atoms with Gasteiger partial charge >= 0.3 is 0 Å². The Labute approximate surface area is 129 Å². The summed E-state index contributed by atoms with van der Waals surface area (Å²) in [6, 6.07) is 0.838. The maximum Gasteiger partial charge on any atom is 0.0558 e. The molecule has 0 aromatic carbocycles. The molecule has 0 radical (unpaired) electrons. The smallest absolute Gasteiger partial charge is 0.0558 e. The van der Waals surface area contributed by atoms with Crippen LogP contribution >= 0.6 is 0 Å². The fraction of sp³-hybridized carbons (Fsp3) is 1.00. The van der Waals surface area contributed by atoms with E-state index in [1.807, 2.05) is 0 Å². The molecule has 0 bridgehead atoms. The van der Waals surface area contributed by atoms with E-state index in [-0.39, 0.29) is 0 Å². The minimum absolute atomic E-state index is 0.301. The number of aliphatic hydroxyl groups is 1. The molecule has 0 aromatic rings. The van der Waals surface area contributed by atoms with E-state index in [2.05, 4.69) is 15.1 Å². The second kappa shape index (κ2) is 7.40. The molecule has 122 valence electrons. The van der Waals surface area contributed by atoms with Crippen molar-refractivity contribution in [3.8, 4) is 0 Å². The quantitative estimate of drug-likeness (QED) is 0.742. The summed E-state index contributed by atoms with van der Waals surface area (Å²) in [5.74, 6) is 0. The first-order valence-electron chi connectivity index (χ1n) is 9.09. The second-order valence-corrected chi connectivity index (χ2v) is 7.56. The summed E-state index contributed by atoms with van der Waals surface area (Å²) in [6.45, 7) is 8.32. The number of piperazine rings is 1. The molecule has 3 fully saturated rings. The van der Waals surface area contributed by atoms with Gasteiger partial charge in [0.1, 0.15) is 0 Å². The van der Waals surface area contributed by atoms with E-state index in [1.165, 1.54) is 71.1 Å². The Hall–Kier alpha value is -0.160. The highest BCUT2D eigenvalue weighted by atomic mass is 16.3. The minimum Gasteiger partial charge on any atom is -0.395 e. The molecule has 21 heavy (non-hydrogen) atoms. The van der Waals surface area contributed by atoms with Crippen molar-refractivity contribution in [1.82, 2.24) is 15.1 Å². The van der Waals surface area contributed by atoms with Gasteiger partial charge in [-0.25, -0.2) is 0 Å². The first kappa shape index (κ1) is 15.7. The van der Waals surface area contributed by atoms with Gasteiger partial charge in [-0.3, -0.25) is 4.90 Å². The summed E-state index contributed by atoms with van der Waals surface area (Å²) in [4.78, 5) is 5.08. The Kier molecular flexibility index (Phi) is 5.54. The molecule has 1 saturated heterocycles. The van der Waals surface area contributed by atoms with Gasteiger partial charge in [-0.1, -0.05) is 19.3 Å². The van der Waals surface area contributed by atoms with Gasteiger partial charge in [-0.2, -0.15) is 0 Å². The lowest BCUT2D eigenvalue weighted by Crippen LogP contribution is -2.52. The van der Waals surface area contributed by atoms with E-state index >= 15 is 0 Å². The highest BCUT2D eigenvalue weighted by Gasteiger charge is 2.36. The SMILES string of the molecule is OCCN1CCN(CC2(CNC3CC3)CCCCC2)CC1. The minimum atomic E-state index is 0.301. The number of hydrogen-bond acceptors (Lipinski definition) is 4. The highest BCUT2D eigenvalue weighted by molar-refractivity contribution is 4.92. The Morgan fingerprint density at radius 2 is 1.62 bits per heavy atom. The van der Waals surface area contributed by atoms with E-state index in [4.69, 9.17) is 5.11 Å². The molecule has 2 saturated carbocycles. The van der Waals surface area contributed by atoms with Crippen molar-refractivity contribution >= 4 is 0 Å². The van der Waals surface area contributed by atoms with Crippen molar-refractivity contribution in [2.24, 2.45) is 5.41 Å². The maximum absolute atomic E-state index is 9.05. The molecule has 1 heterocycles. The third kappa shape index (κ3) is 4.65. The molecule has 2 N–H and O–H groups in total. The summed E-state index contributed by atoms with van der Waals surface area (Å²) in [5, 5.41) is 12.9. The van der Waals surface area contributed by atoms with Crippen molar-refractivity contribution in [2.45, 2.75) is 51.0 Å². The Bertz CT molecular complexity index is 305. The third-order valence-corrected chi connectivity index (χ3v) is 5.70. The molecule has 4 heteroatoms. The molecule has 3 aliphatic rings. The van der Waals surface area contributed by atoms with Gasteiger partial charge in [0.05, 0.1) is 6.61 Å². The Balaban J connectivity index is 1.49. The summed E-state index contributed by atoms with van der Waals surface area (Å²) < 4.78 is 0. The summed E-state index contributed by atoms with van der Waals surface area (Å²) in [7, 11) is 0. The zero-order chi connectivity index (χ0) is 14.5. The van der Waals surface area contributed by atoms with Crippen LogP contribution in [0, 0.1) is 5.41 Å². The summed E-state index contributed by atoms with van der Waals surface area (Å²) in [5.41, 5.74) is 0.542. The first-order chi connectivity index (χ1) is 10.3. The Morgan fingerprint density at radius 1 is 0.952 bits per heavy atom. The number of nitrogens with zero attached hydrogens (tertiary/aromatic N) is 2. The molecule has 1 aliphatic heterocycles. The lowest BCUT2D eigenvalue weighted by atomic mass is 9.73. The number of aliphatic hydroxyl groups excluding tert-OH is 1. The van der Waals surface area contributed by atoms with Crippen LogP contribution in [0.1, 0.15) is 44.9 Å². The van der Waals surface area contributed by atoms with Gasteiger partial charge in [0, 0.05) is 51.9 Å². The molecule has 0 unspecified atom stereocenters. The van der Waals surface area contributed by atoms with Crippen LogP contribution in [-0.4, -0.2) is 73.4 Å². The Morgan fingerprint density at radius 3 is 2.24 bits per heavy atom. The number of nitrogens with one attached hydrogen (secondary N) is 1. The molecule has 0 amide bonds. The predicted molar refractivity (Wildman–Crippen MR) is 86.5 cm³/mol. The number of hydrogen-bond donors (Lipinski definition) is 2. The van der Waals surface area contributed by atoms with E-state index in [9.17, 15) is 0 Å². The van der Waals surface area contributed by atoms with Crippen molar-refractivity contribution < 1.29 is 5.11 Å². The molecule has 3 rings (SSSR count). The fourth-order valence-electron chi connectivity index (χ4n) is 4.13. The molecular formula is C17H33N3O. The maximum atomic E-state index is 9.05. The predicted octanol–water partition coefficient (Wildman–Crippen LogP) is 1.30. The lowest BCUT2D eigenvalue weighted by molar-refractivity contribution is 0.0562. The van der Waals surface area contributed by atoms with Crippen molar-refractivity contribution in [3.05, 3.63) is 0 Å². The van der Waals surface area contributed by atoms with Gasteiger partial charge in [0.2, 0.25) is 0 Å². The van der Waals surface area contributed by atoms with Crippen LogP contribution in [-0.2, 0) is 0 Å². The van der Waals surface area contributed by atoms with Gasteiger partial charge in [-0.05, 0) is 31.1 Å². The molecule has 2 aliphatic carbocycles. The lowest BCUT2D eigenvalue weighted by Gasteiger charge is -2.44. The van der Waals surface area contributed by atoms with E-state index in [0.29, 0.717) is 12.0 Å². The van der Waals surface area contributed by atoms with Gasteiger partial charge in [0.25, 0.3) is 0 Å². The molecule has 4 nitrogen and oxygen atoms in total.